The van der Waals surface area contributed by atoms with Gasteiger partial charge in [0.1, 0.15) is 5.75 Å². The van der Waals surface area contributed by atoms with Gasteiger partial charge in [-0.05, 0) is 19.1 Å². The molecule has 0 spiro atoms. The second-order valence-electron chi connectivity index (χ2n) is 1.77. The van der Waals surface area contributed by atoms with Crippen LogP contribution >= 0.6 is 11.6 Å². The van der Waals surface area contributed by atoms with Gasteiger partial charge in [0, 0.05) is 6.61 Å². The molecular formula is C8H11ClO2. The van der Waals surface area contributed by atoms with Gasteiger partial charge in [-0.15, -0.1) is 0 Å². The maximum absolute atomic E-state index is 8.79. The van der Waals surface area contributed by atoms with E-state index >= 15 is 0 Å². The number of benzene rings is 1. The average Bonchev–Trinajstić information content (AvgIpc) is 1.97. The summed E-state index contributed by atoms with van der Waals surface area (Å²) in [5.41, 5.74) is 0. The van der Waals surface area contributed by atoms with Crippen LogP contribution in [-0.4, -0.2) is 16.8 Å². The predicted molar refractivity (Wildman–Crippen MR) is 45.9 cm³/mol. The van der Waals surface area contributed by atoms with E-state index in [4.69, 9.17) is 21.8 Å². The molecule has 1 aromatic rings. The van der Waals surface area contributed by atoms with E-state index in [2.05, 4.69) is 0 Å². The lowest BCUT2D eigenvalue weighted by Gasteiger charge is -1.89. The van der Waals surface area contributed by atoms with Crippen molar-refractivity contribution in [3.8, 4) is 5.75 Å². The molecule has 2 nitrogen and oxygen atoms in total. The number of aromatic hydroxyl groups is 1. The zero-order valence-electron chi connectivity index (χ0n) is 6.29. The molecule has 0 bridgehead atoms. The fourth-order valence-electron chi connectivity index (χ4n) is 0.452. The molecule has 0 radical (unpaired) electrons. The Morgan fingerprint density at radius 1 is 1.36 bits per heavy atom. The topological polar surface area (TPSA) is 40.5 Å². The Morgan fingerprint density at radius 2 is 1.82 bits per heavy atom. The fourth-order valence-corrected chi connectivity index (χ4v) is 0.587. The van der Waals surface area contributed by atoms with E-state index in [1.807, 2.05) is 0 Å². The third-order valence-electron chi connectivity index (χ3n) is 0.852. The largest absolute Gasteiger partial charge is 0.506 e. The number of halogens is 1. The van der Waals surface area contributed by atoms with Crippen molar-refractivity contribution in [3.63, 3.8) is 0 Å². The molecule has 0 unspecified atom stereocenters. The maximum atomic E-state index is 8.79. The van der Waals surface area contributed by atoms with Crippen molar-refractivity contribution in [2.75, 3.05) is 6.61 Å². The molecular weight excluding hydrogens is 164 g/mol. The van der Waals surface area contributed by atoms with Gasteiger partial charge in [0.2, 0.25) is 0 Å². The van der Waals surface area contributed by atoms with E-state index in [0.717, 1.165) is 0 Å². The van der Waals surface area contributed by atoms with Crippen molar-refractivity contribution in [1.82, 2.24) is 0 Å². The summed E-state index contributed by atoms with van der Waals surface area (Å²) in [5, 5.41) is 16.8. The summed E-state index contributed by atoms with van der Waals surface area (Å²) in [7, 11) is 0. The standard InChI is InChI=1S/C6H5ClO.C2H6O/c7-5-3-1-2-4-6(5)8;1-2-3/h1-4,8H;3H,2H2,1H3. The van der Waals surface area contributed by atoms with Gasteiger partial charge in [0.25, 0.3) is 0 Å². The van der Waals surface area contributed by atoms with Crippen molar-refractivity contribution in [1.29, 1.82) is 0 Å². The third kappa shape index (κ3) is 4.65. The summed E-state index contributed by atoms with van der Waals surface area (Å²) in [5.74, 6) is 0.133. The van der Waals surface area contributed by atoms with Crippen LogP contribution in [0.1, 0.15) is 6.92 Å². The molecule has 0 aromatic heterocycles. The highest BCUT2D eigenvalue weighted by atomic mass is 35.5. The van der Waals surface area contributed by atoms with Crippen LogP contribution in [0.2, 0.25) is 5.02 Å². The summed E-state index contributed by atoms with van der Waals surface area (Å²) in [6, 6.07) is 6.67. The molecule has 11 heavy (non-hydrogen) atoms. The molecule has 0 amide bonds. The Morgan fingerprint density at radius 3 is 2.09 bits per heavy atom. The Balaban J connectivity index is 0.000000292. The minimum absolute atomic E-state index is 0.133. The molecule has 0 saturated carbocycles. The van der Waals surface area contributed by atoms with Crippen molar-refractivity contribution >= 4 is 11.6 Å². The summed E-state index contributed by atoms with van der Waals surface area (Å²) < 4.78 is 0. The second kappa shape index (κ2) is 6.01. The smallest absolute Gasteiger partial charge is 0.134 e. The van der Waals surface area contributed by atoms with Crippen LogP contribution in [0.4, 0.5) is 0 Å². The third-order valence-corrected chi connectivity index (χ3v) is 1.17. The van der Waals surface area contributed by atoms with Crippen LogP contribution in [0.15, 0.2) is 24.3 Å². The minimum Gasteiger partial charge on any atom is -0.506 e. The second-order valence-corrected chi connectivity index (χ2v) is 2.17. The summed E-state index contributed by atoms with van der Waals surface area (Å²) in [6.07, 6.45) is 0. The first-order valence-corrected chi connectivity index (χ1v) is 3.64. The minimum atomic E-state index is 0.133. The normalized spacial score (nSPS) is 8.27. The maximum Gasteiger partial charge on any atom is 0.134 e. The lowest BCUT2D eigenvalue weighted by Crippen LogP contribution is -1.62. The highest BCUT2D eigenvalue weighted by molar-refractivity contribution is 6.31. The summed E-state index contributed by atoms with van der Waals surface area (Å²) in [4.78, 5) is 0. The van der Waals surface area contributed by atoms with Crippen LogP contribution in [0.3, 0.4) is 0 Å². The number of hydrogen-bond donors (Lipinski definition) is 2. The van der Waals surface area contributed by atoms with Crippen LogP contribution in [0.25, 0.3) is 0 Å². The Bertz CT molecular complexity index is 180. The SMILES string of the molecule is CCO.Oc1ccccc1Cl. The first-order chi connectivity index (χ1) is 5.22. The molecule has 0 aliphatic rings. The Hall–Kier alpha value is -0.730. The molecule has 1 rings (SSSR count). The van der Waals surface area contributed by atoms with Crippen LogP contribution in [0.5, 0.6) is 5.75 Å². The van der Waals surface area contributed by atoms with Gasteiger partial charge >= 0.3 is 0 Å². The number of phenols is 1. The van der Waals surface area contributed by atoms with Gasteiger partial charge in [-0.25, -0.2) is 0 Å². The summed E-state index contributed by atoms with van der Waals surface area (Å²) >= 11 is 5.46. The van der Waals surface area contributed by atoms with Gasteiger partial charge in [-0.2, -0.15) is 0 Å². The number of para-hydroxylation sites is 1. The van der Waals surface area contributed by atoms with E-state index < -0.39 is 0 Å². The van der Waals surface area contributed by atoms with Crippen LogP contribution in [-0.2, 0) is 0 Å². The molecule has 0 atom stereocenters. The Labute approximate surface area is 71.1 Å². The zero-order valence-corrected chi connectivity index (χ0v) is 7.04. The van der Waals surface area contributed by atoms with Crippen molar-refractivity contribution in [3.05, 3.63) is 29.3 Å². The molecule has 62 valence electrons. The van der Waals surface area contributed by atoms with Crippen molar-refractivity contribution in [2.24, 2.45) is 0 Å². The molecule has 0 fully saturated rings. The highest BCUT2D eigenvalue weighted by Gasteiger charge is 1.89. The quantitative estimate of drug-likeness (QED) is 0.632. The molecule has 3 heteroatoms. The average molecular weight is 175 g/mol. The first-order valence-electron chi connectivity index (χ1n) is 3.26. The van der Waals surface area contributed by atoms with Crippen molar-refractivity contribution in [2.45, 2.75) is 6.92 Å². The number of aliphatic hydroxyl groups is 1. The number of rotatable bonds is 0. The molecule has 1 aromatic carbocycles. The van der Waals surface area contributed by atoms with Crippen molar-refractivity contribution < 1.29 is 10.2 Å². The lowest BCUT2D eigenvalue weighted by atomic mass is 10.3. The zero-order chi connectivity index (χ0) is 8.69. The number of hydrogen-bond acceptors (Lipinski definition) is 2. The fraction of sp³-hybridized carbons (Fsp3) is 0.250. The van der Waals surface area contributed by atoms with Gasteiger partial charge in [-0.3, -0.25) is 0 Å². The first kappa shape index (κ1) is 10.3. The van der Waals surface area contributed by atoms with Crippen LogP contribution < -0.4 is 0 Å². The number of phenolic OH excluding ortho intramolecular Hbond substituents is 1. The molecule has 2 N–H and O–H groups in total. The van der Waals surface area contributed by atoms with E-state index in [0.29, 0.717) is 5.02 Å². The molecule has 0 heterocycles. The lowest BCUT2D eigenvalue weighted by molar-refractivity contribution is 0.318. The van der Waals surface area contributed by atoms with E-state index in [9.17, 15) is 0 Å². The van der Waals surface area contributed by atoms with Gasteiger partial charge in [-0.1, -0.05) is 23.7 Å². The van der Waals surface area contributed by atoms with E-state index in [-0.39, 0.29) is 12.4 Å². The van der Waals surface area contributed by atoms with Gasteiger partial charge in [0.05, 0.1) is 5.02 Å². The number of aliphatic hydroxyl groups excluding tert-OH is 1. The van der Waals surface area contributed by atoms with Crippen LogP contribution in [0, 0.1) is 0 Å². The summed E-state index contributed by atoms with van der Waals surface area (Å²) in [6.45, 7) is 1.93. The monoisotopic (exact) mass is 174 g/mol. The highest BCUT2D eigenvalue weighted by Crippen LogP contribution is 2.20. The predicted octanol–water partition coefficient (Wildman–Crippen LogP) is 2.04. The molecule has 0 saturated heterocycles. The van der Waals surface area contributed by atoms with E-state index in [1.54, 1.807) is 31.2 Å². The Kier molecular flexibility index (Phi) is 5.61. The van der Waals surface area contributed by atoms with Gasteiger partial charge in [0.15, 0.2) is 0 Å². The molecule has 0 aliphatic carbocycles. The van der Waals surface area contributed by atoms with E-state index in [1.165, 1.54) is 0 Å². The molecule has 0 aliphatic heterocycles. The van der Waals surface area contributed by atoms with Gasteiger partial charge < -0.3 is 10.2 Å².